The van der Waals surface area contributed by atoms with E-state index in [9.17, 15) is 14.7 Å². The summed E-state index contributed by atoms with van der Waals surface area (Å²) in [7, 11) is 0. The van der Waals surface area contributed by atoms with Gasteiger partial charge in [-0.1, -0.05) is 29.8 Å². The quantitative estimate of drug-likeness (QED) is 0.598. The number of halogens is 1. The Morgan fingerprint density at radius 3 is 2.59 bits per heavy atom. The fourth-order valence-corrected chi connectivity index (χ4v) is 3.57. The molecule has 0 saturated carbocycles. The minimum Gasteiger partial charge on any atom is -0.492 e. The zero-order valence-corrected chi connectivity index (χ0v) is 16.1. The first kappa shape index (κ1) is 19.2. The van der Waals surface area contributed by atoms with Gasteiger partial charge in [0, 0.05) is 10.6 Å². The lowest BCUT2D eigenvalue weighted by molar-refractivity contribution is -0.136. The number of ether oxygens (including phenoxy) is 1. The Morgan fingerprint density at radius 1 is 1.10 bits per heavy atom. The van der Waals surface area contributed by atoms with E-state index in [0.717, 1.165) is 0 Å². The number of Topliss-reactive ketones (excluding diaryl/α,β-unsaturated/α-hetero) is 1. The highest BCUT2D eigenvalue weighted by Gasteiger charge is 2.50. The standard InChI is InChI=1S/C22H18ClNO5/c23-15-7-9-16(10-8-15)28-13-11-24-18-5-2-1-4-17(18)22(27,21(24)26)14-19(25)20-6-3-12-29-20/h1-10,12,27H,11,13-14H2/t22-/m1/s1. The molecule has 1 aromatic heterocycles. The van der Waals surface area contributed by atoms with Crippen LogP contribution in [0.2, 0.25) is 5.02 Å². The van der Waals surface area contributed by atoms with Crippen LogP contribution >= 0.6 is 11.6 Å². The van der Waals surface area contributed by atoms with Crippen molar-refractivity contribution in [3.8, 4) is 5.75 Å². The van der Waals surface area contributed by atoms with E-state index in [1.165, 1.54) is 17.2 Å². The molecule has 6 nitrogen and oxygen atoms in total. The molecular formula is C22H18ClNO5. The number of carbonyl (C=O) groups is 2. The number of anilines is 1. The summed E-state index contributed by atoms with van der Waals surface area (Å²) >= 11 is 5.86. The topological polar surface area (TPSA) is 80.0 Å². The molecule has 148 valence electrons. The van der Waals surface area contributed by atoms with Crippen LogP contribution in [0.1, 0.15) is 22.5 Å². The molecule has 1 atom stereocenters. The number of nitrogens with zero attached hydrogens (tertiary/aromatic N) is 1. The summed E-state index contributed by atoms with van der Waals surface area (Å²) in [5.41, 5.74) is -0.982. The van der Waals surface area contributed by atoms with Crippen LogP contribution in [0.25, 0.3) is 0 Å². The lowest BCUT2D eigenvalue weighted by Gasteiger charge is -2.22. The number of rotatable bonds is 7. The number of ketones is 1. The molecule has 0 unspecified atom stereocenters. The molecule has 29 heavy (non-hydrogen) atoms. The van der Waals surface area contributed by atoms with Crippen molar-refractivity contribution in [3.63, 3.8) is 0 Å². The number of hydrogen-bond acceptors (Lipinski definition) is 5. The van der Waals surface area contributed by atoms with Crippen molar-refractivity contribution in [1.82, 2.24) is 0 Å². The van der Waals surface area contributed by atoms with Crippen molar-refractivity contribution in [1.29, 1.82) is 0 Å². The summed E-state index contributed by atoms with van der Waals surface area (Å²) in [5, 5.41) is 11.8. The lowest BCUT2D eigenvalue weighted by atomic mass is 9.89. The number of benzene rings is 2. The number of furan rings is 1. The maximum atomic E-state index is 13.1. The molecule has 0 bridgehead atoms. The SMILES string of the molecule is O=C(C[C@]1(O)C(=O)N(CCOc2ccc(Cl)cc2)c2ccccc21)c1ccco1. The molecule has 0 fully saturated rings. The number of carbonyl (C=O) groups excluding carboxylic acids is 2. The van der Waals surface area contributed by atoms with Crippen LogP contribution in [0.3, 0.4) is 0 Å². The van der Waals surface area contributed by atoms with Gasteiger partial charge in [0.25, 0.3) is 5.91 Å². The normalized spacial score (nSPS) is 18.0. The molecule has 1 amide bonds. The predicted molar refractivity (Wildman–Crippen MR) is 107 cm³/mol. The van der Waals surface area contributed by atoms with Gasteiger partial charge < -0.3 is 19.2 Å². The van der Waals surface area contributed by atoms with Crippen molar-refractivity contribution in [2.75, 3.05) is 18.1 Å². The van der Waals surface area contributed by atoms with Gasteiger partial charge in [-0.25, -0.2) is 0 Å². The number of fused-ring (bicyclic) bond motifs is 1. The van der Waals surface area contributed by atoms with Crippen LogP contribution in [0, 0.1) is 0 Å². The molecule has 3 aromatic rings. The maximum absolute atomic E-state index is 13.1. The molecule has 2 aromatic carbocycles. The van der Waals surface area contributed by atoms with Gasteiger partial charge in [-0.05, 0) is 42.5 Å². The second-order valence-electron chi connectivity index (χ2n) is 6.71. The van der Waals surface area contributed by atoms with Crippen LogP contribution in [0.4, 0.5) is 5.69 Å². The molecule has 1 aliphatic heterocycles. The average molecular weight is 412 g/mol. The Labute approximate surface area is 172 Å². The minimum absolute atomic E-state index is 0.105. The third kappa shape index (κ3) is 3.64. The number of amides is 1. The molecule has 7 heteroatoms. The Morgan fingerprint density at radius 2 is 1.86 bits per heavy atom. The third-order valence-electron chi connectivity index (χ3n) is 4.85. The second kappa shape index (κ2) is 7.73. The monoisotopic (exact) mass is 411 g/mol. The Bertz CT molecular complexity index is 1030. The molecule has 0 saturated heterocycles. The maximum Gasteiger partial charge on any atom is 0.264 e. The fraction of sp³-hybridized carbons (Fsp3) is 0.182. The Kier molecular flexibility index (Phi) is 5.13. The van der Waals surface area contributed by atoms with Gasteiger partial charge in [0.1, 0.15) is 12.4 Å². The van der Waals surface area contributed by atoms with Crippen molar-refractivity contribution in [2.24, 2.45) is 0 Å². The summed E-state index contributed by atoms with van der Waals surface area (Å²) < 4.78 is 10.8. The zero-order chi connectivity index (χ0) is 20.4. The molecule has 0 radical (unpaired) electrons. The fourth-order valence-electron chi connectivity index (χ4n) is 3.44. The molecule has 0 spiro atoms. The van der Waals surface area contributed by atoms with Gasteiger partial charge >= 0.3 is 0 Å². The van der Waals surface area contributed by atoms with Gasteiger partial charge in [0.05, 0.1) is 24.9 Å². The van der Waals surface area contributed by atoms with Gasteiger partial charge in [0.15, 0.2) is 11.4 Å². The first-order chi connectivity index (χ1) is 14.0. The van der Waals surface area contributed by atoms with Gasteiger partial charge in [-0.15, -0.1) is 0 Å². The highest BCUT2D eigenvalue weighted by molar-refractivity contribution is 6.30. The summed E-state index contributed by atoms with van der Waals surface area (Å²) in [6, 6.07) is 16.9. The van der Waals surface area contributed by atoms with Gasteiger partial charge in [-0.3, -0.25) is 9.59 Å². The van der Waals surface area contributed by atoms with Crippen LogP contribution in [-0.4, -0.2) is 29.9 Å². The van der Waals surface area contributed by atoms with E-state index >= 15 is 0 Å². The number of aliphatic hydroxyl groups is 1. The van der Waals surface area contributed by atoms with E-state index in [0.29, 0.717) is 22.0 Å². The minimum atomic E-state index is -1.94. The second-order valence-corrected chi connectivity index (χ2v) is 7.15. The van der Waals surface area contributed by atoms with E-state index in [-0.39, 0.29) is 18.9 Å². The van der Waals surface area contributed by atoms with Crippen LogP contribution in [0.5, 0.6) is 5.75 Å². The zero-order valence-electron chi connectivity index (χ0n) is 15.4. The van der Waals surface area contributed by atoms with E-state index < -0.39 is 23.7 Å². The van der Waals surface area contributed by atoms with Crippen LogP contribution in [0.15, 0.2) is 71.3 Å². The first-order valence-corrected chi connectivity index (χ1v) is 9.46. The molecule has 2 heterocycles. The summed E-state index contributed by atoms with van der Waals surface area (Å²) in [6.07, 6.45) is 0.979. The molecular weight excluding hydrogens is 394 g/mol. The smallest absolute Gasteiger partial charge is 0.264 e. The number of para-hydroxylation sites is 1. The summed E-state index contributed by atoms with van der Waals surface area (Å²) in [6.45, 7) is 0.430. The highest BCUT2D eigenvalue weighted by atomic mass is 35.5. The Hall–Kier alpha value is -3.09. The summed E-state index contributed by atoms with van der Waals surface area (Å²) in [4.78, 5) is 27.0. The average Bonchev–Trinajstić information content (AvgIpc) is 3.33. The molecule has 1 aliphatic rings. The third-order valence-corrected chi connectivity index (χ3v) is 5.10. The van der Waals surface area contributed by atoms with Gasteiger partial charge in [0.2, 0.25) is 5.78 Å². The first-order valence-electron chi connectivity index (χ1n) is 9.08. The van der Waals surface area contributed by atoms with E-state index in [1.54, 1.807) is 54.6 Å². The predicted octanol–water partition coefficient (Wildman–Crippen LogP) is 3.82. The molecule has 0 aliphatic carbocycles. The van der Waals surface area contributed by atoms with Crippen molar-refractivity contribution in [3.05, 3.63) is 83.3 Å². The van der Waals surface area contributed by atoms with E-state index in [2.05, 4.69) is 0 Å². The summed E-state index contributed by atoms with van der Waals surface area (Å²) in [5.74, 6) is -0.274. The molecule has 4 rings (SSSR count). The largest absolute Gasteiger partial charge is 0.492 e. The van der Waals surface area contributed by atoms with E-state index in [4.69, 9.17) is 20.8 Å². The van der Waals surface area contributed by atoms with Crippen molar-refractivity contribution >= 4 is 29.0 Å². The van der Waals surface area contributed by atoms with Crippen molar-refractivity contribution < 1.29 is 23.8 Å². The highest BCUT2D eigenvalue weighted by Crippen LogP contribution is 2.42. The van der Waals surface area contributed by atoms with Crippen LogP contribution < -0.4 is 9.64 Å². The van der Waals surface area contributed by atoms with Crippen LogP contribution in [-0.2, 0) is 10.4 Å². The molecule has 1 N–H and O–H groups in total. The Balaban J connectivity index is 1.52. The number of hydrogen-bond donors (Lipinski definition) is 1. The lowest BCUT2D eigenvalue weighted by Crippen LogP contribution is -2.43. The van der Waals surface area contributed by atoms with Gasteiger partial charge in [-0.2, -0.15) is 0 Å². The van der Waals surface area contributed by atoms with E-state index in [1.807, 2.05) is 0 Å². The van der Waals surface area contributed by atoms with Crippen molar-refractivity contribution in [2.45, 2.75) is 12.0 Å².